The smallest absolute Gasteiger partial charge is 0.0312 e. The first-order valence-corrected chi connectivity index (χ1v) is 7.84. The third-order valence-electron chi connectivity index (χ3n) is 4.62. The molecule has 112 valence electrons. The maximum Gasteiger partial charge on any atom is 0.0312 e. The zero-order chi connectivity index (χ0) is 14.6. The normalized spacial score (nSPS) is 25.2. The average molecular weight is 275 g/mol. The van der Waals surface area contributed by atoms with E-state index in [-0.39, 0.29) is 0 Å². The molecule has 0 radical (unpaired) electrons. The van der Waals surface area contributed by atoms with Gasteiger partial charge in [-0.15, -0.1) is 0 Å². The van der Waals surface area contributed by atoms with Crippen LogP contribution in [0.25, 0.3) is 0 Å². The largest absolute Gasteiger partial charge is 0.313 e. The minimum atomic E-state index is 0.426. The molecule has 3 heteroatoms. The molecule has 0 aromatic carbocycles. The molecule has 3 nitrogen and oxygen atoms in total. The Hall–Kier alpha value is -0.930. The lowest BCUT2D eigenvalue weighted by Gasteiger charge is -2.33. The summed E-state index contributed by atoms with van der Waals surface area (Å²) >= 11 is 0. The Bertz CT molecular complexity index is 402. The molecule has 0 amide bonds. The van der Waals surface area contributed by atoms with Crippen LogP contribution >= 0.6 is 0 Å². The Morgan fingerprint density at radius 1 is 1.45 bits per heavy atom. The van der Waals surface area contributed by atoms with Crippen LogP contribution in [0.15, 0.2) is 24.5 Å². The highest BCUT2D eigenvalue weighted by Crippen LogP contribution is 2.41. The molecule has 1 aromatic heterocycles. The van der Waals surface area contributed by atoms with Crippen LogP contribution in [0.5, 0.6) is 0 Å². The van der Waals surface area contributed by atoms with E-state index in [1.165, 1.54) is 18.4 Å². The van der Waals surface area contributed by atoms with Crippen LogP contribution in [-0.4, -0.2) is 36.1 Å². The highest BCUT2D eigenvalue weighted by molar-refractivity contribution is 5.08. The molecule has 0 aliphatic heterocycles. The predicted molar refractivity (Wildman–Crippen MR) is 84.5 cm³/mol. The zero-order valence-electron chi connectivity index (χ0n) is 13.4. The van der Waals surface area contributed by atoms with Crippen molar-refractivity contribution in [1.82, 2.24) is 15.2 Å². The molecule has 1 aliphatic rings. The fourth-order valence-corrected chi connectivity index (χ4v) is 3.65. The summed E-state index contributed by atoms with van der Waals surface area (Å²) in [5.41, 5.74) is 1.72. The molecule has 0 spiro atoms. The standard InChI is InChI=1S/C17H29N3/c1-5-19-16-15(8-9-17(16,2)3)13-20(4)12-14-7-6-10-18-11-14/h6-7,10-11,15-16,19H,5,8-9,12-13H2,1-4H3. The summed E-state index contributed by atoms with van der Waals surface area (Å²) in [6.07, 6.45) is 6.47. The summed E-state index contributed by atoms with van der Waals surface area (Å²) < 4.78 is 0. The summed E-state index contributed by atoms with van der Waals surface area (Å²) in [4.78, 5) is 6.64. The Morgan fingerprint density at radius 2 is 2.25 bits per heavy atom. The van der Waals surface area contributed by atoms with Gasteiger partial charge in [-0.05, 0) is 49.4 Å². The summed E-state index contributed by atoms with van der Waals surface area (Å²) in [7, 11) is 2.22. The monoisotopic (exact) mass is 275 g/mol. The third-order valence-corrected chi connectivity index (χ3v) is 4.62. The second kappa shape index (κ2) is 6.68. The van der Waals surface area contributed by atoms with Crippen LogP contribution in [0.4, 0.5) is 0 Å². The molecule has 1 saturated carbocycles. The van der Waals surface area contributed by atoms with E-state index in [2.05, 4.69) is 49.1 Å². The van der Waals surface area contributed by atoms with Crippen molar-refractivity contribution >= 4 is 0 Å². The molecule has 1 aliphatic carbocycles. The van der Waals surface area contributed by atoms with Gasteiger partial charge in [-0.25, -0.2) is 0 Å². The van der Waals surface area contributed by atoms with Crippen LogP contribution in [0.1, 0.15) is 39.2 Å². The maximum atomic E-state index is 4.20. The van der Waals surface area contributed by atoms with Gasteiger partial charge in [0.2, 0.25) is 0 Å². The van der Waals surface area contributed by atoms with Crippen molar-refractivity contribution in [2.75, 3.05) is 20.1 Å². The molecule has 0 saturated heterocycles. The SMILES string of the molecule is CCNC1C(CN(C)Cc2cccnc2)CCC1(C)C. The summed E-state index contributed by atoms with van der Waals surface area (Å²) in [6, 6.07) is 4.82. The van der Waals surface area contributed by atoms with Crippen molar-refractivity contribution in [3.05, 3.63) is 30.1 Å². The number of nitrogens with zero attached hydrogens (tertiary/aromatic N) is 2. The second-order valence-corrected chi connectivity index (χ2v) is 6.88. The minimum absolute atomic E-state index is 0.426. The van der Waals surface area contributed by atoms with E-state index in [1.807, 2.05) is 18.5 Å². The van der Waals surface area contributed by atoms with Crippen LogP contribution < -0.4 is 5.32 Å². The molecular formula is C17H29N3. The molecule has 2 unspecified atom stereocenters. The first-order chi connectivity index (χ1) is 9.53. The van der Waals surface area contributed by atoms with Gasteiger partial charge in [0.15, 0.2) is 0 Å². The Balaban J connectivity index is 1.92. The Morgan fingerprint density at radius 3 is 2.90 bits per heavy atom. The van der Waals surface area contributed by atoms with Crippen LogP contribution in [0.3, 0.4) is 0 Å². The molecule has 0 bridgehead atoms. The molecule has 2 atom stereocenters. The third kappa shape index (κ3) is 3.80. The first kappa shape index (κ1) is 15.5. The molecule has 2 rings (SSSR count). The van der Waals surface area contributed by atoms with Crippen LogP contribution in [0, 0.1) is 11.3 Å². The van der Waals surface area contributed by atoms with Gasteiger partial charge in [-0.3, -0.25) is 4.98 Å². The fourth-order valence-electron chi connectivity index (χ4n) is 3.65. The topological polar surface area (TPSA) is 28.2 Å². The average Bonchev–Trinajstić information content (AvgIpc) is 2.68. The van der Waals surface area contributed by atoms with E-state index >= 15 is 0 Å². The maximum absolute atomic E-state index is 4.20. The van der Waals surface area contributed by atoms with Gasteiger partial charge in [0, 0.05) is 31.5 Å². The van der Waals surface area contributed by atoms with Crippen molar-refractivity contribution < 1.29 is 0 Å². The Labute approximate surface area is 123 Å². The van der Waals surface area contributed by atoms with Gasteiger partial charge in [-0.2, -0.15) is 0 Å². The number of hydrogen-bond acceptors (Lipinski definition) is 3. The van der Waals surface area contributed by atoms with Gasteiger partial charge in [0.05, 0.1) is 0 Å². The van der Waals surface area contributed by atoms with Gasteiger partial charge < -0.3 is 10.2 Å². The van der Waals surface area contributed by atoms with Crippen LogP contribution in [-0.2, 0) is 6.54 Å². The zero-order valence-corrected chi connectivity index (χ0v) is 13.4. The van der Waals surface area contributed by atoms with Gasteiger partial charge in [0.1, 0.15) is 0 Å². The lowest BCUT2D eigenvalue weighted by atomic mass is 9.84. The highest BCUT2D eigenvalue weighted by Gasteiger charge is 2.41. The first-order valence-electron chi connectivity index (χ1n) is 7.84. The van der Waals surface area contributed by atoms with Crippen molar-refractivity contribution in [2.45, 2.75) is 46.2 Å². The fraction of sp³-hybridized carbons (Fsp3) is 0.706. The molecule has 1 N–H and O–H groups in total. The number of hydrogen-bond donors (Lipinski definition) is 1. The van der Waals surface area contributed by atoms with Gasteiger partial charge >= 0.3 is 0 Å². The number of nitrogens with one attached hydrogen (secondary N) is 1. The minimum Gasteiger partial charge on any atom is -0.313 e. The second-order valence-electron chi connectivity index (χ2n) is 6.88. The summed E-state index contributed by atoms with van der Waals surface area (Å²) in [5, 5.41) is 3.72. The molecule has 1 aromatic rings. The summed E-state index contributed by atoms with van der Waals surface area (Å²) in [5.74, 6) is 0.756. The lowest BCUT2D eigenvalue weighted by molar-refractivity contribution is 0.202. The van der Waals surface area contributed by atoms with Gasteiger partial charge in [-0.1, -0.05) is 26.8 Å². The van der Waals surface area contributed by atoms with Crippen molar-refractivity contribution in [3.8, 4) is 0 Å². The quantitative estimate of drug-likeness (QED) is 0.865. The van der Waals surface area contributed by atoms with E-state index in [4.69, 9.17) is 0 Å². The molecular weight excluding hydrogens is 246 g/mol. The van der Waals surface area contributed by atoms with E-state index in [0.29, 0.717) is 11.5 Å². The van der Waals surface area contributed by atoms with Crippen molar-refractivity contribution in [1.29, 1.82) is 0 Å². The van der Waals surface area contributed by atoms with E-state index in [9.17, 15) is 0 Å². The number of rotatable bonds is 6. The van der Waals surface area contributed by atoms with Crippen molar-refractivity contribution in [2.24, 2.45) is 11.3 Å². The molecule has 1 heterocycles. The highest BCUT2D eigenvalue weighted by atomic mass is 15.1. The lowest BCUT2D eigenvalue weighted by Crippen LogP contribution is -2.45. The van der Waals surface area contributed by atoms with Crippen molar-refractivity contribution in [3.63, 3.8) is 0 Å². The summed E-state index contributed by atoms with van der Waals surface area (Å²) in [6.45, 7) is 10.2. The number of pyridine rings is 1. The Kier molecular flexibility index (Phi) is 5.17. The van der Waals surface area contributed by atoms with Gasteiger partial charge in [0.25, 0.3) is 0 Å². The molecule has 20 heavy (non-hydrogen) atoms. The number of aromatic nitrogens is 1. The molecule has 1 fully saturated rings. The van der Waals surface area contributed by atoms with E-state index in [0.717, 1.165) is 25.6 Å². The predicted octanol–water partition coefficient (Wildman–Crippen LogP) is 2.93. The van der Waals surface area contributed by atoms with E-state index < -0.39 is 0 Å². The van der Waals surface area contributed by atoms with Crippen LogP contribution in [0.2, 0.25) is 0 Å². The van der Waals surface area contributed by atoms with E-state index in [1.54, 1.807) is 0 Å².